The number of nitrogens with one attached hydrogen (secondary N) is 1. The van der Waals surface area contributed by atoms with Crippen molar-refractivity contribution in [1.29, 1.82) is 0 Å². The summed E-state index contributed by atoms with van der Waals surface area (Å²) in [5.74, 6) is -1.06. The van der Waals surface area contributed by atoms with Crippen molar-refractivity contribution in [3.63, 3.8) is 0 Å². The molecule has 6 nitrogen and oxygen atoms in total. The van der Waals surface area contributed by atoms with E-state index in [1.54, 1.807) is 18.2 Å². The monoisotopic (exact) mass is 293 g/mol. The maximum Gasteiger partial charge on any atom is 0.306 e. The molecular formula is C15H19NO5. The van der Waals surface area contributed by atoms with E-state index in [-0.39, 0.29) is 36.0 Å². The lowest BCUT2D eigenvalue weighted by molar-refractivity contribution is -0.142. The number of benzene rings is 1. The fourth-order valence-corrected chi connectivity index (χ4v) is 2.48. The predicted molar refractivity (Wildman–Crippen MR) is 75.1 cm³/mol. The first-order valence-corrected chi connectivity index (χ1v) is 6.99. The van der Waals surface area contributed by atoms with Crippen molar-refractivity contribution in [2.24, 2.45) is 5.92 Å². The van der Waals surface area contributed by atoms with Crippen LogP contribution in [-0.4, -0.2) is 34.7 Å². The van der Waals surface area contributed by atoms with Gasteiger partial charge in [-0.3, -0.25) is 9.59 Å². The molecule has 0 aliphatic heterocycles. The zero-order valence-corrected chi connectivity index (χ0v) is 11.6. The van der Waals surface area contributed by atoms with Gasteiger partial charge >= 0.3 is 5.97 Å². The van der Waals surface area contributed by atoms with Crippen LogP contribution < -0.4 is 10.1 Å². The lowest BCUT2D eigenvalue weighted by Crippen LogP contribution is -2.40. The van der Waals surface area contributed by atoms with Crippen LogP contribution in [0, 0.1) is 5.92 Å². The van der Waals surface area contributed by atoms with Crippen LogP contribution in [0.3, 0.4) is 0 Å². The smallest absolute Gasteiger partial charge is 0.306 e. The van der Waals surface area contributed by atoms with Gasteiger partial charge in [0.1, 0.15) is 0 Å². The number of phenols is 1. The Morgan fingerprint density at radius 1 is 1.19 bits per heavy atom. The topological polar surface area (TPSA) is 95.9 Å². The number of carboxylic acid groups (broad SMARTS) is 1. The Morgan fingerprint density at radius 3 is 2.48 bits per heavy atom. The summed E-state index contributed by atoms with van der Waals surface area (Å²) >= 11 is 0. The SMILES string of the molecule is O=C(COc1ccccc1O)NC1CCC(C(=O)O)CC1. The highest BCUT2D eigenvalue weighted by Gasteiger charge is 2.26. The second kappa shape index (κ2) is 6.97. The van der Waals surface area contributed by atoms with E-state index in [9.17, 15) is 14.7 Å². The van der Waals surface area contributed by atoms with Crippen molar-refractivity contribution < 1.29 is 24.5 Å². The van der Waals surface area contributed by atoms with E-state index < -0.39 is 5.97 Å². The van der Waals surface area contributed by atoms with Crippen molar-refractivity contribution in [3.8, 4) is 11.5 Å². The minimum atomic E-state index is -0.761. The van der Waals surface area contributed by atoms with Gasteiger partial charge in [0.15, 0.2) is 18.1 Å². The molecular weight excluding hydrogens is 274 g/mol. The summed E-state index contributed by atoms with van der Waals surface area (Å²) in [5.41, 5.74) is 0. The normalized spacial score (nSPS) is 21.5. The number of phenolic OH excluding ortho intramolecular Hbond substituents is 1. The molecule has 2 rings (SSSR count). The summed E-state index contributed by atoms with van der Waals surface area (Å²) in [4.78, 5) is 22.6. The minimum absolute atomic E-state index is 0.000991. The lowest BCUT2D eigenvalue weighted by atomic mass is 9.86. The van der Waals surface area contributed by atoms with Crippen molar-refractivity contribution in [3.05, 3.63) is 24.3 Å². The molecule has 0 aromatic heterocycles. The van der Waals surface area contributed by atoms with Crippen molar-refractivity contribution in [2.75, 3.05) is 6.61 Å². The molecule has 1 aromatic rings. The number of carboxylic acids is 1. The van der Waals surface area contributed by atoms with Crippen LogP contribution in [0.4, 0.5) is 0 Å². The third-order valence-corrected chi connectivity index (χ3v) is 3.67. The van der Waals surface area contributed by atoms with Gasteiger partial charge in [-0.05, 0) is 37.8 Å². The second-order valence-corrected chi connectivity index (χ2v) is 5.21. The fraction of sp³-hybridized carbons (Fsp3) is 0.467. The molecule has 0 heterocycles. The van der Waals surface area contributed by atoms with Gasteiger partial charge < -0.3 is 20.3 Å². The molecule has 0 atom stereocenters. The van der Waals surface area contributed by atoms with Gasteiger partial charge in [0, 0.05) is 6.04 Å². The second-order valence-electron chi connectivity index (χ2n) is 5.21. The molecule has 3 N–H and O–H groups in total. The molecule has 114 valence electrons. The molecule has 1 aliphatic carbocycles. The fourth-order valence-electron chi connectivity index (χ4n) is 2.48. The first-order valence-electron chi connectivity index (χ1n) is 6.99. The van der Waals surface area contributed by atoms with Crippen LogP contribution in [0.15, 0.2) is 24.3 Å². The first kappa shape index (κ1) is 15.2. The number of hydrogen-bond acceptors (Lipinski definition) is 4. The van der Waals surface area contributed by atoms with Gasteiger partial charge in [-0.25, -0.2) is 0 Å². The quantitative estimate of drug-likeness (QED) is 0.765. The molecule has 0 bridgehead atoms. The van der Waals surface area contributed by atoms with Crippen LogP contribution in [0.25, 0.3) is 0 Å². The predicted octanol–water partition coefficient (Wildman–Crippen LogP) is 1.53. The van der Waals surface area contributed by atoms with E-state index in [1.807, 2.05) is 0 Å². The average Bonchev–Trinajstić information content (AvgIpc) is 2.47. The zero-order valence-electron chi connectivity index (χ0n) is 11.6. The molecule has 6 heteroatoms. The highest BCUT2D eigenvalue weighted by molar-refractivity contribution is 5.78. The largest absolute Gasteiger partial charge is 0.504 e. The van der Waals surface area contributed by atoms with Gasteiger partial charge in [0.2, 0.25) is 0 Å². The van der Waals surface area contributed by atoms with E-state index in [0.29, 0.717) is 25.7 Å². The molecule has 0 spiro atoms. The van der Waals surface area contributed by atoms with Crippen LogP contribution >= 0.6 is 0 Å². The lowest BCUT2D eigenvalue weighted by Gasteiger charge is -2.26. The summed E-state index contributed by atoms with van der Waals surface area (Å²) in [7, 11) is 0. The third kappa shape index (κ3) is 4.37. The molecule has 0 unspecified atom stereocenters. The number of para-hydroxylation sites is 2. The summed E-state index contributed by atoms with van der Waals surface area (Å²) < 4.78 is 5.24. The standard InChI is InChI=1S/C15H19NO5/c17-12-3-1-2-4-13(12)21-9-14(18)16-11-7-5-10(6-8-11)15(19)20/h1-4,10-11,17H,5-9H2,(H,16,18)(H,19,20). The van der Waals surface area contributed by atoms with Crippen LogP contribution in [0.2, 0.25) is 0 Å². The number of ether oxygens (including phenoxy) is 1. The number of aromatic hydroxyl groups is 1. The summed E-state index contributed by atoms with van der Waals surface area (Å²) in [5, 5.41) is 21.3. The van der Waals surface area contributed by atoms with Crippen LogP contribution in [0.1, 0.15) is 25.7 Å². The van der Waals surface area contributed by atoms with E-state index in [1.165, 1.54) is 6.07 Å². The molecule has 1 amide bonds. The highest BCUT2D eigenvalue weighted by atomic mass is 16.5. The Bertz CT molecular complexity index is 509. The molecule has 0 saturated heterocycles. The van der Waals surface area contributed by atoms with Gasteiger partial charge in [0.25, 0.3) is 5.91 Å². The zero-order chi connectivity index (χ0) is 15.2. The number of hydrogen-bond donors (Lipinski definition) is 3. The molecule has 1 fully saturated rings. The Hall–Kier alpha value is -2.24. The highest BCUT2D eigenvalue weighted by Crippen LogP contribution is 2.25. The molecule has 1 aromatic carbocycles. The maximum atomic E-state index is 11.8. The molecule has 1 aliphatic rings. The Balaban J connectivity index is 1.73. The van der Waals surface area contributed by atoms with Gasteiger partial charge in [-0.2, -0.15) is 0 Å². The number of aliphatic carboxylic acids is 1. The van der Waals surface area contributed by atoms with Crippen LogP contribution in [-0.2, 0) is 9.59 Å². The van der Waals surface area contributed by atoms with Crippen molar-refractivity contribution in [2.45, 2.75) is 31.7 Å². The Kier molecular flexibility index (Phi) is 5.03. The number of amides is 1. The maximum absolute atomic E-state index is 11.8. The Labute approximate surface area is 122 Å². The molecule has 0 radical (unpaired) electrons. The van der Waals surface area contributed by atoms with Crippen molar-refractivity contribution >= 4 is 11.9 Å². The summed E-state index contributed by atoms with van der Waals surface area (Å²) in [6.07, 6.45) is 2.50. The number of carbonyl (C=O) groups excluding carboxylic acids is 1. The number of rotatable bonds is 5. The van der Waals surface area contributed by atoms with Gasteiger partial charge in [-0.1, -0.05) is 12.1 Å². The van der Waals surface area contributed by atoms with Crippen molar-refractivity contribution in [1.82, 2.24) is 5.32 Å². The van der Waals surface area contributed by atoms with Gasteiger partial charge in [0.05, 0.1) is 5.92 Å². The van der Waals surface area contributed by atoms with E-state index >= 15 is 0 Å². The third-order valence-electron chi connectivity index (χ3n) is 3.67. The summed E-state index contributed by atoms with van der Waals surface area (Å²) in [6.45, 7) is -0.170. The van der Waals surface area contributed by atoms with E-state index in [0.717, 1.165) is 0 Å². The minimum Gasteiger partial charge on any atom is -0.504 e. The van der Waals surface area contributed by atoms with E-state index in [4.69, 9.17) is 9.84 Å². The van der Waals surface area contributed by atoms with E-state index in [2.05, 4.69) is 5.32 Å². The van der Waals surface area contributed by atoms with Gasteiger partial charge in [-0.15, -0.1) is 0 Å². The summed E-state index contributed by atoms with van der Waals surface area (Å²) in [6, 6.07) is 6.45. The molecule has 21 heavy (non-hydrogen) atoms. The average molecular weight is 293 g/mol. The molecule has 1 saturated carbocycles. The van der Waals surface area contributed by atoms with Crippen LogP contribution in [0.5, 0.6) is 11.5 Å². The Morgan fingerprint density at radius 2 is 1.86 bits per heavy atom. The number of carbonyl (C=O) groups is 2. The first-order chi connectivity index (χ1) is 10.1.